The Labute approximate surface area is 80.7 Å². The van der Waals surface area contributed by atoms with Crippen molar-refractivity contribution in [3.05, 3.63) is 22.2 Å². The first kappa shape index (κ1) is 8.93. The van der Waals surface area contributed by atoms with Crippen LogP contribution in [0.25, 0.3) is 10.9 Å². The van der Waals surface area contributed by atoms with Crippen LogP contribution in [0.3, 0.4) is 0 Å². The van der Waals surface area contributed by atoms with E-state index in [0.717, 1.165) is 11.1 Å². The Balaban J connectivity index is 2.91. The third kappa shape index (κ3) is 1.13. The van der Waals surface area contributed by atoms with Crippen LogP contribution in [0.2, 0.25) is 0 Å². The zero-order chi connectivity index (χ0) is 10.3. The molecule has 0 fully saturated rings. The molecule has 0 amide bonds. The number of fused-ring (bicyclic) bond motifs is 1. The van der Waals surface area contributed by atoms with E-state index in [1.54, 1.807) is 17.9 Å². The van der Waals surface area contributed by atoms with Crippen LogP contribution < -0.4 is 5.56 Å². The summed E-state index contributed by atoms with van der Waals surface area (Å²) in [4.78, 5) is 11.5. The molecule has 0 aliphatic heterocycles. The normalized spacial score (nSPS) is 11.4. The van der Waals surface area contributed by atoms with E-state index < -0.39 is 0 Å². The van der Waals surface area contributed by atoms with Crippen molar-refractivity contribution in [2.75, 3.05) is 0 Å². The molecule has 14 heavy (non-hydrogen) atoms. The van der Waals surface area contributed by atoms with Crippen LogP contribution >= 0.6 is 0 Å². The van der Waals surface area contributed by atoms with E-state index in [0.29, 0.717) is 11.4 Å². The number of hydrogen-bond donors (Lipinski definition) is 1. The minimum atomic E-state index is -0.190. The second-order valence-corrected chi connectivity index (χ2v) is 3.62. The predicted octanol–water partition coefficient (Wildman–Crippen LogP) is 0.780. The van der Waals surface area contributed by atoms with Gasteiger partial charge in [0.25, 0.3) is 5.56 Å². The Morgan fingerprint density at radius 1 is 1.50 bits per heavy atom. The van der Waals surface area contributed by atoms with Crippen LogP contribution in [0, 0.1) is 0 Å². The number of nitrogens with zero attached hydrogens (tertiary/aromatic N) is 3. The van der Waals surface area contributed by atoms with Gasteiger partial charge in [-0.2, -0.15) is 10.2 Å². The van der Waals surface area contributed by atoms with Crippen LogP contribution in [-0.2, 0) is 7.05 Å². The van der Waals surface area contributed by atoms with Crippen molar-refractivity contribution in [3.63, 3.8) is 0 Å². The number of aryl methyl sites for hydroxylation is 1. The van der Waals surface area contributed by atoms with Gasteiger partial charge in [0.05, 0.1) is 11.9 Å². The lowest BCUT2D eigenvalue weighted by Gasteiger charge is -1.97. The highest BCUT2D eigenvalue weighted by Crippen LogP contribution is 2.20. The standard InChI is InChI=1S/C9H12N4O/c1-5(2)7-6-4-10-11-9(14)8(6)13(3)12-7/h4-5H,1-3H3,(H,11,14). The third-order valence-corrected chi connectivity index (χ3v) is 2.23. The predicted molar refractivity (Wildman–Crippen MR) is 53.2 cm³/mol. The fourth-order valence-corrected chi connectivity index (χ4v) is 1.59. The van der Waals surface area contributed by atoms with Gasteiger partial charge in [0.1, 0.15) is 5.52 Å². The summed E-state index contributed by atoms with van der Waals surface area (Å²) in [7, 11) is 1.77. The maximum atomic E-state index is 11.5. The molecule has 0 saturated heterocycles. The molecule has 0 aliphatic carbocycles. The van der Waals surface area contributed by atoms with Crippen molar-refractivity contribution in [1.29, 1.82) is 0 Å². The molecule has 0 saturated carbocycles. The monoisotopic (exact) mass is 192 g/mol. The molecule has 0 bridgehead atoms. The van der Waals surface area contributed by atoms with E-state index in [4.69, 9.17) is 0 Å². The largest absolute Gasteiger partial charge is 0.290 e. The molecule has 0 aromatic carbocycles. The summed E-state index contributed by atoms with van der Waals surface area (Å²) < 4.78 is 1.60. The quantitative estimate of drug-likeness (QED) is 0.726. The van der Waals surface area contributed by atoms with Crippen molar-refractivity contribution in [2.24, 2.45) is 7.05 Å². The van der Waals surface area contributed by atoms with Gasteiger partial charge in [-0.05, 0) is 5.92 Å². The Kier molecular flexibility index (Phi) is 1.87. The summed E-state index contributed by atoms with van der Waals surface area (Å²) in [5, 5.41) is 11.3. The molecule has 0 aliphatic rings. The second kappa shape index (κ2) is 2.94. The molecule has 5 nitrogen and oxygen atoms in total. The van der Waals surface area contributed by atoms with E-state index in [-0.39, 0.29) is 5.56 Å². The Morgan fingerprint density at radius 3 is 2.86 bits per heavy atom. The number of hydrogen-bond acceptors (Lipinski definition) is 3. The second-order valence-electron chi connectivity index (χ2n) is 3.62. The van der Waals surface area contributed by atoms with Gasteiger partial charge in [-0.25, -0.2) is 5.10 Å². The molecule has 2 rings (SSSR count). The zero-order valence-electron chi connectivity index (χ0n) is 8.40. The molecule has 2 aromatic rings. The van der Waals surface area contributed by atoms with Gasteiger partial charge in [-0.1, -0.05) is 13.8 Å². The van der Waals surface area contributed by atoms with Crippen LogP contribution in [-0.4, -0.2) is 20.0 Å². The fourth-order valence-electron chi connectivity index (χ4n) is 1.59. The average molecular weight is 192 g/mol. The molecule has 5 heteroatoms. The molecule has 2 heterocycles. The van der Waals surface area contributed by atoms with Crippen molar-refractivity contribution < 1.29 is 0 Å². The lowest BCUT2D eigenvalue weighted by Crippen LogP contribution is -2.10. The lowest BCUT2D eigenvalue weighted by atomic mass is 10.1. The smallest absolute Gasteiger partial charge is 0.266 e. The van der Waals surface area contributed by atoms with Crippen molar-refractivity contribution >= 4 is 10.9 Å². The summed E-state index contributed by atoms with van der Waals surface area (Å²) in [5.74, 6) is 0.294. The van der Waals surface area contributed by atoms with Crippen LogP contribution in [0.15, 0.2) is 11.0 Å². The minimum absolute atomic E-state index is 0.190. The van der Waals surface area contributed by atoms with Gasteiger partial charge in [0.2, 0.25) is 0 Å². The molecule has 74 valence electrons. The fraction of sp³-hybridized carbons (Fsp3) is 0.444. The Morgan fingerprint density at radius 2 is 2.21 bits per heavy atom. The average Bonchev–Trinajstić information content (AvgIpc) is 2.45. The maximum absolute atomic E-state index is 11.5. The highest BCUT2D eigenvalue weighted by atomic mass is 16.1. The van der Waals surface area contributed by atoms with Gasteiger partial charge in [-0.15, -0.1) is 0 Å². The van der Waals surface area contributed by atoms with Crippen LogP contribution in [0.1, 0.15) is 25.5 Å². The first-order chi connectivity index (χ1) is 6.61. The van der Waals surface area contributed by atoms with Gasteiger partial charge >= 0.3 is 0 Å². The molecule has 0 atom stereocenters. The van der Waals surface area contributed by atoms with Crippen LogP contribution in [0.4, 0.5) is 0 Å². The molecular weight excluding hydrogens is 180 g/mol. The topological polar surface area (TPSA) is 63.6 Å². The molecular formula is C9H12N4O. The molecule has 1 N–H and O–H groups in total. The lowest BCUT2D eigenvalue weighted by molar-refractivity contribution is 0.727. The van der Waals surface area contributed by atoms with Crippen molar-refractivity contribution in [1.82, 2.24) is 20.0 Å². The van der Waals surface area contributed by atoms with Gasteiger partial charge in [0, 0.05) is 12.4 Å². The molecule has 0 spiro atoms. The summed E-state index contributed by atoms with van der Waals surface area (Å²) in [6.07, 6.45) is 1.65. The van der Waals surface area contributed by atoms with E-state index in [2.05, 4.69) is 15.3 Å². The third-order valence-electron chi connectivity index (χ3n) is 2.23. The number of rotatable bonds is 1. The molecule has 0 radical (unpaired) electrons. The SMILES string of the molecule is CC(C)c1nn(C)c2c(=O)[nH]ncc12. The van der Waals surface area contributed by atoms with E-state index in [1.165, 1.54) is 0 Å². The van der Waals surface area contributed by atoms with Crippen molar-refractivity contribution in [2.45, 2.75) is 19.8 Å². The van der Waals surface area contributed by atoms with Crippen LogP contribution in [0.5, 0.6) is 0 Å². The Bertz CT molecular complexity index is 523. The summed E-state index contributed by atoms with van der Waals surface area (Å²) in [6.45, 7) is 4.09. The highest BCUT2D eigenvalue weighted by Gasteiger charge is 2.13. The van der Waals surface area contributed by atoms with E-state index >= 15 is 0 Å². The first-order valence-electron chi connectivity index (χ1n) is 4.51. The number of aromatic amines is 1. The van der Waals surface area contributed by atoms with Gasteiger partial charge < -0.3 is 0 Å². The van der Waals surface area contributed by atoms with Gasteiger partial charge in [-0.3, -0.25) is 9.48 Å². The Hall–Kier alpha value is -1.65. The number of nitrogens with one attached hydrogen (secondary N) is 1. The zero-order valence-corrected chi connectivity index (χ0v) is 8.40. The summed E-state index contributed by atoms with van der Waals surface area (Å²) in [5.41, 5.74) is 1.31. The molecule has 0 unspecified atom stereocenters. The highest BCUT2D eigenvalue weighted by molar-refractivity contribution is 5.80. The van der Waals surface area contributed by atoms with Crippen molar-refractivity contribution in [3.8, 4) is 0 Å². The maximum Gasteiger partial charge on any atom is 0.290 e. The number of H-pyrrole nitrogens is 1. The summed E-state index contributed by atoms with van der Waals surface area (Å²) >= 11 is 0. The van der Waals surface area contributed by atoms with E-state index in [1.807, 2.05) is 13.8 Å². The first-order valence-corrected chi connectivity index (χ1v) is 4.51. The number of aromatic nitrogens is 4. The van der Waals surface area contributed by atoms with Gasteiger partial charge in [0.15, 0.2) is 0 Å². The molecule has 2 aromatic heterocycles. The summed E-state index contributed by atoms with van der Waals surface area (Å²) in [6, 6.07) is 0. The minimum Gasteiger partial charge on any atom is -0.266 e. The van der Waals surface area contributed by atoms with E-state index in [9.17, 15) is 4.79 Å².